The molecule has 0 aromatic rings. The Hall–Kier alpha value is -0.350. The SMILES string of the molecule is CCCNC(=S)NC1CCN(CCC)CC1. The van der Waals surface area contributed by atoms with Gasteiger partial charge in [-0.05, 0) is 44.4 Å². The summed E-state index contributed by atoms with van der Waals surface area (Å²) in [6, 6.07) is 0.574. The van der Waals surface area contributed by atoms with E-state index >= 15 is 0 Å². The monoisotopic (exact) mass is 243 g/mol. The number of nitrogens with one attached hydrogen (secondary N) is 2. The highest BCUT2D eigenvalue weighted by atomic mass is 32.1. The van der Waals surface area contributed by atoms with Crippen LogP contribution in [0.2, 0.25) is 0 Å². The lowest BCUT2D eigenvalue weighted by atomic mass is 10.1. The largest absolute Gasteiger partial charge is 0.363 e. The minimum Gasteiger partial charge on any atom is -0.363 e. The summed E-state index contributed by atoms with van der Waals surface area (Å²) in [7, 11) is 0. The molecule has 1 heterocycles. The van der Waals surface area contributed by atoms with Crippen LogP contribution in [0.1, 0.15) is 39.5 Å². The molecule has 0 aliphatic carbocycles. The summed E-state index contributed by atoms with van der Waals surface area (Å²) in [5.74, 6) is 0. The van der Waals surface area contributed by atoms with Crippen molar-refractivity contribution < 1.29 is 0 Å². The lowest BCUT2D eigenvalue weighted by Crippen LogP contribution is -2.47. The summed E-state index contributed by atoms with van der Waals surface area (Å²) in [4.78, 5) is 2.54. The third kappa shape index (κ3) is 5.12. The van der Waals surface area contributed by atoms with E-state index in [4.69, 9.17) is 12.2 Å². The standard InChI is InChI=1S/C12H25N3S/c1-3-7-13-12(16)14-11-5-9-15(8-4-2)10-6-11/h11H,3-10H2,1-2H3,(H2,13,14,16). The average Bonchev–Trinajstić information content (AvgIpc) is 2.29. The molecular weight excluding hydrogens is 218 g/mol. The molecule has 16 heavy (non-hydrogen) atoms. The Labute approximate surface area is 105 Å². The Morgan fingerprint density at radius 3 is 2.50 bits per heavy atom. The molecule has 0 atom stereocenters. The topological polar surface area (TPSA) is 27.3 Å². The van der Waals surface area contributed by atoms with E-state index in [2.05, 4.69) is 29.4 Å². The molecule has 0 radical (unpaired) electrons. The molecule has 0 bridgehead atoms. The molecule has 0 saturated carbocycles. The van der Waals surface area contributed by atoms with Crippen LogP contribution >= 0.6 is 12.2 Å². The first-order chi connectivity index (χ1) is 7.76. The highest BCUT2D eigenvalue weighted by molar-refractivity contribution is 7.80. The zero-order valence-corrected chi connectivity index (χ0v) is 11.4. The normalized spacial score (nSPS) is 18.4. The molecule has 0 spiro atoms. The maximum Gasteiger partial charge on any atom is 0.166 e. The van der Waals surface area contributed by atoms with E-state index in [1.165, 1.54) is 38.9 Å². The van der Waals surface area contributed by atoms with Gasteiger partial charge in [0, 0.05) is 25.7 Å². The average molecular weight is 243 g/mol. The molecule has 1 aliphatic rings. The minimum atomic E-state index is 0.574. The van der Waals surface area contributed by atoms with Crippen molar-refractivity contribution in [3.63, 3.8) is 0 Å². The fourth-order valence-corrected chi connectivity index (χ4v) is 2.36. The first kappa shape index (κ1) is 13.7. The zero-order valence-electron chi connectivity index (χ0n) is 10.6. The Bertz CT molecular complexity index is 200. The molecule has 0 unspecified atom stereocenters. The zero-order chi connectivity index (χ0) is 11.8. The fourth-order valence-electron chi connectivity index (χ4n) is 2.09. The summed E-state index contributed by atoms with van der Waals surface area (Å²) in [6.45, 7) is 9.03. The predicted octanol–water partition coefficient (Wildman–Crippen LogP) is 1.73. The van der Waals surface area contributed by atoms with Crippen molar-refractivity contribution in [2.45, 2.75) is 45.6 Å². The van der Waals surface area contributed by atoms with Gasteiger partial charge >= 0.3 is 0 Å². The van der Waals surface area contributed by atoms with Crippen molar-refractivity contribution in [3.8, 4) is 0 Å². The van der Waals surface area contributed by atoms with Gasteiger partial charge in [0.15, 0.2) is 5.11 Å². The fraction of sp³-hybridized carbons (Fsp3) is 0.917. The second-order valence-corrected chi connectivity index (χ2v) is 4.92. The third-order valence-electron chi connectivity index (χ3n) is 3.00. The second-order valence-electron chi connectivity index (χ2n) is 4.52. The molecule has 1 rings (SSSR count). The van der Waals surface area contributed by atoms with Gasteiger partial charge in [-0.1, -0.05) is 13.8 Å². The van der Waals surface area contributed by atoms with Gasteiger partial charge in [-0.25, -0.2) is 0 Å². The highest BCUT2D eigenvalue weighted by Gasteiger charge is 2.18. The minimum absolute atomic E-state index is 0.574. The molecule has 0 aromatic heterocycles. The van der Waals surface area contributed by atoms with Gasteiger partial charge in [0.2, 0.25) is 0 Å². The van der Waals surface area contributed by atoms with Crippen molar-refractivity contribution in [3.05, 3.63) is 0 Å². The van der Waals surface area contributed by atoms with Crippen LogP contribution in [0.4, 0.5) is 0 Å². The van der Waals surface area contributed by atoms with Crippen LogP contribution < -0.4 is 10.6 Å². The van der Waals surface area contributed by atoms with Crippen molar-refractivity contribution in [2.75, 3.05) is 26.2 Å². The van der Waals surface area contributed by atoms with E-state index in [0.29, 0.717) is 6.04 Å². The molecular formula is C12H25N3S. The van der Waals surface area contributed by atoms with Crippen LogP contribution in [-0.2, 0) is 0 Å². The first-order valence-electron chi connectivity index (χ1n) is 6.53. The van der Waals surface area contributed by atoms with Crippen LogP contribution in [0.15, 0.2) is 0 Å². The molecule has 1 fully saturated rings. The van der Waals surface area contributed by atoms with Crippen LogP contribution in [0.3, 0.4) is 0 Å². The number of piperidine rings is 1. The first-order valence-corrected chi connectivity index (χ1v) is 6.93. The summed E-state index contributed by atoms with van der Waals surface area (Å²) in [5.41, 5.74) is 0. The lowest BCUT2D eigenvalue weighted by molar-refractivity contribution is 0.206. The van der Waals surface area contributed by atoms with Crippen LogP contribution in [0.25, 0.3) is 0 Å². The number of thiocarbonyl (C=S) groups is 1. The number of hydrogen-bond acceptors (Lipinski definition) is 2. The van der Waals surface area contributed by atoms with E-state index in [9.17, 15) is 0 Å². The van der Waals surface area contributed by atoms with Crippen molar-refractivity contribution in [2.24, 2.45) is 0 Å². The van der Waals surface area contributed by atoms with E-state index in [1.807, 2.05) is 0 Å². The van der Waals surface area contributed by atoms with E-state index < -0.39 is 0 Å². The maximum atomic E-state index is 5.25. The Morgan fingerprint density at radius 1 is 1.25 bits per heavy atom. The molecule has 1 saturated heterocycles. The Morgan fingerprint density at radius 2 is 1.94 bits per heavy atom. The Balaban J connectivity index is 2.14. The van der Waals surface area contributed by atoms with Gasteiger partial charge in [0.05, 0.1) is 0 Å². The molecule has 0 aromatic carbocycles. The van der Waals surface area contributed by atoms with Crippen molar-refractivity contribution >= 4 is 17.3 Å². The quantitative estimate of drug-likeness (QED) is 0.719. The molecule has 94 valence electrons. The van der Waals surface area contributed by atoms with Crippen LogP contribution in [0.5, 0.6) is 0 Å². The number of likely N-dealkylation sites (tertiary alicyclic amines) is 1. The van der Waals surface area contributed by atoms with Gasteiger partial charge < -0.3 is 15.5 Å². The summed E-state index contributed by atoms with van der Waals surface area (Å²) >= 11 is 5.25. The summed E-state index contributed by atoms with van der Waals surface area (Å²) in [5, 5.41) is 7.46. The van der Waals surface area contributed by atoms with E-state index in [0.717, 1.165) is 18.1 Å². The van der Waals surface area contributed by atoms with E-state index in [-0.39, 0.29) is 0 Å². The predicted molar refractivity (Wildman–Crippen MR) is 73.8 cm³/mol. The van der Waals surface area contributed by atoms with Crippen molar-refractivity contribution in [1.82, 2.24) is 15.5 Å². The van der Waals surface area contributed by atoms with E-state index in [1.54, 1.807) is 0 Å². The van der Waals surface area contributed by atoms with Crippen molar-refractivity contribution in [1.29, 1.82) is 0 Å². The molecule has 4 heteroatoms. The van der Waals surface area contributed by atoms with Gasteiger partial charge in [-0.2, -0.15) is 0 Å². The second kappa shape index (κ2) is 7.85. The number of rotatable bonds is 5. The van der Waals surface area contributed by atoms with Gasteiger partial charge in [0.1, 0.15) is 0 Å². The maximum absolute atomic E-state index is 5.25. The summed E-state index contributed by atoms with van der Waals surface area (Å²) in [6.07, 6.45) is 4.81. The van der Waals surface area contributed by atoms with Gasteiger partial charge in [-0.3, -0.25) is 0 Å². The molecule has 1 aliphatic heterocycles. The summed E-state index contributed by atoms with van der Waals surface area (Å²) < 4.78 is 0. The van der Waals surface area contributed by atoms with Crippen LogP contribution in [-0.4, -0.2) is 42.2 Å². The number of hydrogen-bond donors (Lipinski definition) is 2. The lowest BCUT2D eigenvalue weighted by Gasteiger charge is -2.32. The molecule has 3 nitrogen and oxygen atoms in total. The smallest absolute Gasteiger partial charge is 0.166 e. The Kier molecular flexibility index (Phi) is 6.73. The molecule has 0 amide bonds. The third-order valence-corrected chi connectivity index (χ3v) is 3.26. The number of nitrogens with zero attached hydrogens (tertiary/aromatic N) is 1. The highest BCUT2D eigenvalue weighted by Crippen LogP contribution is 2.10. The molecule has 2 N–H and O–H groups in total. The van der Waals surface area contributed by atoms with Crippen LogP contribution in [0, 0.1) is 0 Å². The van der Waals surface area contributed by atoms with Gasteiger partial charge in [-0.15, -0.1) is 0 Å². The van der Waals surface area contributed by atoms with Gasteiger partial charge in [0.25, 0.3) is 0 Å².